The first-order valence-corrected chi connectivity index (χ1v) is 5.93. The number of aryl methyl sites for hydroxylation is 1. The Hall–Kier alpha value is -0.890. The molecule has 1 aromatic rings. The van der Waals surface area contributed by atoms with Crippen molar-refractivity contribution in [2.24, 2.45) is 0 Å². The summed E-state index contributed by atoms with van der Waals surface area (Å²) in [6, 6.07) is 4.66. The van der Waals surface area contributed by atoms with Crippen molar-refractivity contribution in [1.29, 1.82) is 0 Å². The van der Waals surface area contributed by atoms with Gasteiger partial charge in [-0.15, -0.1) is 0 Å². The molecule has 1 aromatic heterocycles. The minimum absolute atomic E-state index is 0.426. The van der Waals surface area contributed by atoms with Crippen LogP contribution in [0.4, 0.5) is 0 Å². The lowest BCUT2D eigenvalue weighted by atomic mass is 10.1. The molecule has 1 heterocycles. The molecule has 0 aliphatic rings. The second-order valence-corrected chi connectivity index (χ2v) is 4.05. The van der Waals surface area contributed by atoms with Gasteiger partial charge in [0.1, 0.15) is 0 Å². The second-order valence-electron chi connectivity index (χ2n) is 4.05. The fourth-order valence-electron chi connectivity index (χ4n) is 1.71. The molecule has 0 aliphatic carbocycles. The number of rotatable bonds is 6. The highest BCUT2D eigenvalue weighted by molar-refractivity contribution is 5.17. The third kappa shape index (κ3) is 4.00. The molecule has 0 radical (unpaired) electrons. The topological polar surface area (TPSA) is 24.9 Å². The molecular formula is C13H22N2. The van der Waals surface area contributed by atoms with E-state index in [1.54, 1.807) is 0 Å². The van der Waals surface area contributed by atoms with Crippen LogP contribution in [0.5, 0.6) is 0 Å². The van der Waals surface area contributed by atoms with Crippen LogP contribution in [0, 0.1) is 6.92 Å². The first kappa shape index (κ1) is 12.2. The van der Waals surface area contributed by atoms with Gasteiger partial charge in [0, 0.05) is 12.2 Å². The lowest BCUT2D eigenvalue weighted by Gasteiger charge is -2.17. The molecular weight excluding hydrogens is 184 g/mol. The molecule has 1 unspecified atom stereocenters. The van der Waals surface area contributed by atoms with E-state index in [0.717, 1.165) is 13.0 Å². The Bertz CT molecular complexity index is 284. The average molecular weight is 206 g/mol. The molecule has 0 spiro atoms. The van der Waals surface area contributed by atoms with E-state index in [1.807, 2.05) is 12.3 Å². The Morgan fingerprint density at radius 1 is 1.33 bits per heavy atom. The highest BCUT2D eigenvalue weighted by Gasteiger charge is 2.10. The van der Waals surface area contributed by atoms with Gasteiger partial charge in [0.15, 0.2) is 0 Å². The zero-order chi connectivity index (χ0) is 11.1. The molecule has 0 fully saturated rings. The fraction of sp³-hybridized carbons (Fsp3) is 0.615. The Labute approximate surface area is 93.1 Å². The van der Waals surface area contributed by atoms with Crippen molar-refractivity contribution in [2.75, 3.05) is 6.54 Å². The summed E-state index contributed by atoms with van der Waals surface area (Å²) in [5.41, 5.74) is 2.48. The van der Waals surface area contributed by atoms with Crippen molar-refractivity contribution in [1.82, 2.24) is 10.3 Å². The Kier molecular flexibility index (Phi) is 5.33. The third-order valence-corrected chi connectivity index (χ3v) is 2.51. The first-order valence-electron chi connectivity index (χ1n) is 5.93. The molecule has 0 aromatic carbocycles. The van der Waals surface area contributed by atoms with Crippen LogP contribution < -0.4 is 5.32 Å². The molecule has 15 heavy (non-hydrogen) atoms. The summed E-state index contributed by atoms with van der Waals surface area (Å²) < 4.78 is 0. The summed E-state index contributed by atoms with van der Waals surface area (Å²) in [6.07, 6.45) is 5.43. The highest BCUT2D eigenvalue weighted by atomic mass is 14.9. The van der Waals surface area contributed by atoms with Gasteiger partial charge in [-0.25, -0.2) is 0 Å². The largest absolute Gasteiger partial charge is 0.309 e. The minimum Gasteiger partial charge on any atom is -0.309 e. The van der Waals surface area contributed by atoms with E-state index in [-0.39, 0.29) is 0 Å². The molecule has 0 aliphatic heterocycles. The number of nitrogens with one attached hydrogen (secondary N) is 1. The Morgan fingerprint density at radius 2 is 2.13 bits per heavy atom. The van der Waals surface area contributed by atoms with Gasteiger partial charge in [0.2, 0.25) is 0 Å². The van der Waals surface area contributed by atoms with E-state index in [1.165, 1.54) is 24.1 Å². The van der Waals surface area contributed by atoms with Gasteiger partial charge >= 0.3 is 0 Å². The number of hydrogen-bond donors (Lipinski definition) is 1. The van der Waals surface area contributed by atoms with E-state index >= 15 is 0 Å². The van der Waals surface area contributed by atoms with Gasteiger partial charge in [0.05, 0.1) is 5.69 Å². The summed E-state index contributed by atoms with van der Waals surface area (Å²) in [5, 5.41) is 3.55. The van der Waals surface area contributed by atoms with Crippen LogP contribution in [0.3, 0.4) is 0 Å². The van der Waals surface area contributed by atoms with Crippen molar-refractivity contribution in [3.63, 3.8) is 0 Å². The molecule has 1 N–H and O–H groups in total. The van der Waals surface area contributed by atoms with Crippen LogP contribution in [-0.2, 0) is 0 Å². The fourth-order valence-corrected chi connectivity index (χ4v) is 1.71. The van der Waals surface area contributed by atoms with E-state index < -0.39 is 0 Å². The van der Waals surface area contributed by atoms with E-state index in [2.05, 4.69) is 37.1 Å². The van der Waals surface area contributed by atoms with E-state index in [9.17, 15) is 0 Å². The van der Waals surface area contributed by atoms with Gasteiger partial charge in [-0.05, 0) is 44.0 Å². The zero-order valence-electron chi connectivity index (χ0n) is 10.1. The SMILES string of the molecule is CCCNC(CCC)c1cc(C)ccn1. The maximum Gasteiger partial charge on any atom is 0.0575 e. The first-order chi connectivity index (χ1) is 7.27. The van der Waals surface area contributed by atoms with Crippen LogP contribution in [0.25, 0.3) is 0 Å². The average Bonchev–Trinajstić information content (AvgIpc) is 2.24. The standard InChI is InChI=1S/C13H22N2/c1-4-6-12(14-8-5-2)13-10-11(3)7-9-15-13/h7,9-10,12,14H,4-6,8H2,1-3H3. The Balaban J connectivity index is 2.69. The normalized spacial score (nSPS) is 12.7. The number of hydrogen-bond acceptors (Lipinski definition) is 2. The van der Waals surface area contributed by atoms with Gasteiger partial charge in [-0.1, -0.05) is 20.3 Å². The molecule has 1 rings (SSSR count). The van der Waals surface area contributed by atoms with Gasteiger partial charge < -0.3 is 5.32 Å². The molecule has 2 nitrogen and oxygen atoms in total. The summed E-state index contributed by atoms with van der Waals surface area (Å²) in [5.74, 6) is 0. The van der Waals surface area contributed by atoms with Crippen LogP contribution in [0.2, 0.25) is 0 Å². The lowest BCUT2D eigenvalue weighted by Crippen LogP contribution is -2.22. The van der Waals surface area contributed by atoms with Crippen LogP contribution in [0.1, 0.15) is 50.4 Å². The van der Waals surface area contributed by atoms with Crippen molar-refractivity contribution in [3.8, 4) is 0 Å². The summed E-state index contributed by atoms with van der Waals surface area (Å²) in [6.45, 7) is 7.60. The minimum atomic E-state index is 0.426. The number of aromatic nitrogens is 1. The second kappa shape index (κ2) is 6.57. The third-order valence-electron chi connectivity index (χ3n) is 2.51. The molecule has 1 atom stereocenters. The van der Waals surface area contributed by atoms with Crippen LogP contribution >= 0.6 is 0 Å². The predicted octanol–water partition coefficient (Wildman–Crippen LogP) is 3.23. The molecule has 0 saturated heterocycles. The smallest absolute Gasteiger partial charge is 0.0575 e. The van der Waals surface area contributed by atoms with Crippen molar-refractivity contribution in [2.45, 2.75) is 46.1 Å². The van der Waals surface area contributed by atoms with Crippen molar-refractivity contribution >= 4 is 0 Å². The molecule has 84 valence electrons. The molecule has 2 heteroatoms. The lowest BCUT2D eigenvalue weighted by molar-refractivity contribution is 0.483. The monoisotopic (exact) mass is 206 g/mol. The van der Waals surface area contributed by atoms with Gasteiger partial charge in [-0.2, -0.15) is 0 Å². The maximum absolute atomic E-state index is 4.45. The number of pyridine rings is 1. The van der Waals surface area contributed by atoms with Gasteiger partial charge in [-0.3, -0.25) is 4.98 Å². The molecule has 0 saturated carbocycles. The van der Waals surface area contributed by atoms with E-state index in [4.69, 9.17) is 0 Å². The highest BCUT2D eigenvalue weighted by Crippen LogP contribution is 2.16. The molecule has 0 bridgehead atoms. The van der Waals surface area contributed by atoms with Crippen molar-refractivity contribution in [3.05, 3.63) is 29.6 Å². The predicted molar refractivity (Wildman–Crippen MR) is 64.9 cm³/mol. The molecule has 0 amide bonds. The van der Waals surface area contributed by atoms with Crippen molar-refractivity contribution < 1.29 is 0 Å². The zero-order valence-corrected chi connectivity index (χ0v) is 10.1. The summed E-state index contributed by atoms with van der Waals surface area (Å²) >= 11 is 0. The Morgan fingerprint density at radius 3 is 2.73 bits per heavy atom. The number of nitrogens with zero attached hydrogens (tertiary/aromatic N) is 1. The maximum atomic E-state index is 4.45. The van der Waals surface area contributed by atoms with Crippen LogP contribution in [0.15, 0.2) is 18.3 Å². The summed E-state index contributed by atoms with van der Waals surface area (Å²) in [7, 11) is 0. The van der Waals surface area contributed by atoms with Gasteiger partial charge in [0.25, 0.3) is 0 Å². The summed E-state index contributed by atoms with van der Waals surface area (Å²) in [4.78, 5) is 4.45. The quantitative estimate of drug-likeness (QED) is 0.773. The van der Waals surface area contributed by atoms with Crippen LogP contribution in [-0.4, -0.2) is 11.5 Å². The van der Waals surface area contributed by atoms with E-state index in [0.29, 0.717) is 6.04 Å².